The molecule has 0 aromatic heterocycles. The van der Waals surface area contributed by atoms with E-state index in [1.807, 2.05) is 24.3 Å². The summed E-state index contributed by atoms with van der Waals surface area (Å²) in [6.45, 7) is 4.15. The zero-order valence-corrected chi connectivity index (χ0v) is 14.6. The van der Waals surface area contributed by atoms with Gasteiger partial charge in [-0.05, 0) is 41.8 Å². The Balaban J connectivity index is 1.87. The molecule has 2 aromatic rings. The molecule has 2 rings (SSSR count). The topological polar surface area (TPSA) is 79.5 Å². The molecule has 6 nitrogen and oxygen atoms in total. The van der Waals surface area contributed by atoms with Gasteiger partial charge < -0.3 is 20.7 Å². The Morgan fingerprint density at radius 3 is 2.24 bits per heavy atom. The minimum absolute atomic E-state index is 0.0892. The predicted octanol–water partition coefficient (Wildman–Crippen LogP) is 3.58. The van der Waals surface area contributed by atoms with Crippen LogP contribution in [0.2, 0.25) is 0 Å². The van der Waals surface area contributed by atoms with Crippen molar-refractivity contribution in [2.75, 3.05) is 24.3 Å². The number of ether oxygens (including phenoxy) is 1. The van der Waals surface area contributed by atoms with Crippen LogP contribution >= 0.6 is 0 Å². The fourth-order valence-electron chi connectivity index (χ4n) is 2.16. The van der Waals surface area contributed by atoms with Gasteiger partial charge in [0.1, 0.15) is 5.75 Å². The molecule has 6 heteroatoms. The van der Waals surface area contributed by atoms with E-state index in [-0.39, 0.29) is 18.5 Å². The first kappa shape index (κ1) is 18.3. The van der Waals surface area contributed by atoms with E-state index in [1.165, 1.54) is 12.6 Å². The molecule has 0 aliphatic carbocycles. The molecule has 0 bridgehead atoms. The van der Waals surface area contributed by atoms with E-state index in [0.29, 0.717) is 23.0 Å². The molecule has 25 heavy (non-hydrogen) atoms. The molecule has 0 unspecified atom stereocenters. The fourth-order valence-corrected chi connectivity index (χ4v) is 2.16. The first-order valence-electron chi connectivity index (χ1n) is 8.09. The van der Waals surface area contributed by atoms with Gasteiger partial charge in [0.15, 0.2) is 6.61 Å². The van der Waals surface area contributed by atoms with Crippen LogP contribution < -0.4 is 20.7 Å². The normalized spacial score (nSPS) is 10.2. The Hall–Kier alpha value is -3.02. The van der Waals surface area contributed by atoms with Crippen LogP contribution in [0.25, 0.3) is 0 Å². The van der Waals surface area contributed by atoms with Gasteiger partial charge in [-0.1, -0.05) is 32.0 Å². The van der Waals surface area contributed by atoms with E-state index >= 15 is 0 Å². The quantitative estimate of drug-likeness (QED) is 0.751. The van der Waals surface area contributed by atoms with Crippen molar-refractivity contribution in [3.05, 3.63) is 54.1 Å². The van der Waals surface area contributed by atoms with Gasteiger partial charge >= 0.3 is 6.03 Å². The second-order valence-electron chi connectivity index (χ2n) is 5.85. The van der Waals surface area contributed by atoms with Gasteiger partial charge in [0.05, 0.1) is 0 Å². The highest BCUT2D eigenvalue weighted by molar-refractivity contribution is 5.94. The summed E-state index contributed by atoms with van der Waals surface area (Å²) in [4.78, 5) is 23.3. The highest BCUT2D eigenvalue weighted by Crippen LogP contribution is 2.19. The third kappa shape index (κ3) is 5.84. The van der Waals surface area contributed by atoms with Crippen molar-refractivity contribution in [1.82, 2.24) is 5.32 Å². The lowest BCUT2D eigenvalue weighted by atomic mass is 10.0. The highest BCUT2D eigenvalue weighted by Gasteiger charge is 2.06. The molecule has 0 radical (unpaired) electrons. The number of carbonyl (C=O) groups excluding carboxylic acids is 2. The molecule has 0 spiro atoms. The number of benzene rings is 2. The second kappa shape index (κ2) is 8.73. The molecule has 0 aliphatic rings. The van der Waals surface area contributed by atoms with Crippen molar-refractivity contribution in [2.45, 2.75) is 19.8 Å². The van der Waals surface area contributed by atoms with Gasteiger partial charge in [-0.3, -0.25) is 4.79 Å². The van der Waals surface area contributed by atoms with E-state index in [4.69, 9.17) is 4.74 Å². The number of amides is 3. The van der Waals surface area contributed by atoms with Crippen molar-refractivity contribution in [3.63, 3.8) is 0 Å². The number of rotatable bonds is 6. The number of hydrogen-bond donors (Lipinski definition) is 3. The SMILES string of the molecule is CNC(=O)Nc1cccc(NC(=O)COc2ccc(C(C)C)cc2)c1. The summed E-state index contributed by atoms with van der Waals surface area (Å²) in [6.07, 6.45) is 0. The maximum Gasteiger partial charge on any atom is 0.318 e. The van der Waals surface area contributed by atoms with Gasteiger partial charge in [0.2, 0.25) is 0 Å². The maximum absolute atomic E-state index is 12.0. The first-order chi connectivity index (χ1) is 12.0. The lowest BCUT2D eigenvalue weighted by molar-refractivity contribution is -0.118. The summed E-state index contributed by atoms with van der Waals surface area (Å²) in [5, 5.41) is 7.85. The van der Waals surface area contributed by atoms with E-state index in [2.05, 4.69) is 29.8 Å². The van der Waals surface area contributed by atoms with Crippen molar-refractivity contribution in [3.8, 4) is 5.75 Å². The molecule has 0 heterocycles. The molecule has 3 amide bonds. The lowest BCUT2D eigenvalue weighted by Crippen LogP contribution is -2.24. The summed E-state index contributed by atoms with van der Waals surface area (Å²) in [5.74, 6) is 0.827. The minimum Gasteiger partial charge on any atom is -0.484 e. The van der Waals surface area contributed by atoms with Crippen LogP contribution in [-0.2, 0) is 4.79 Å². The summed E-state index contributed by atoms with van der Waals surface area (Å²) < 4.78 is 5.50. The van der Waals surface area contributed by atoms with Crippen LogP contribution in [0.5, 0.6) is 5.75 Å². The van der Waals surface area contributed by atoms with Crippen LogP contribution in [0.4, 0.5) is 16.2 Å². The van der Waals surface area contributed by atoms with Gasteiger partial charge in [-0.25, -0.2) is 4.79 Å². The highest BCUT2D eigenvalue weighted by atomic mass is 16.5. The molecule has 0 fully saturated rings. The number of hydrogen-bond acceptors (Lipinski definition) is 3. The molecule has 0 atom stereocenters. The summed E-state index contributed by atoms with van der Waals surface area (Å²) in [7, 11) is 1.53. The van der Waals surface area contributed by atoms with Crippen LogP contribution in [0.1, 0.15) is 25.3 Å². The Labute approximate surface area is 147 Å². The molecule has 2 aromatic carbocycles. The Bertz CT molecular complexity index is 727. The minimum atomic E-state index is -0.323. The zero-order chi connectivity index (χ0) is 18.2. The Morgan fingerprint density at radius 2 is 1.64 bits per heavy atom. The monoisotopic (exact) mass is 341 g/mol. The van der Waals surface area contributed by atoms with E-state index < -0.39 is 0 Å². The molecular weight excluding hydrogens is 318 g/mol. The largest absolute Gasteiger partial charge is 0.484 e. The second-order valence-corrected chi connectivity index (χ2v) is 5.85. The summed E-state index contributed by atoms with van der Waals surface area (Å²) in [6, 6.07) is 14.3. The Kier molecular flexibility index (Phi) is 6.39. The van der Waals surface area contributed by atoms with E-state index in [0.717, 1.165) is 0 Å². The van der Waals surface area contributed by atoms with Crippen LogP contribution in [0.15, 0.2) is 48.5 Å². The average molecular weight is 341 g/mol. The zero-order valence-electron chi connectivity index (χ0n) is 14.6. The molecular formula is C19H23N3O3. The van der Waals surface area contributed by atoms with Gasteiger partial charge in [-0.15, -0.1) is 0 Å². The van der Waals surface area contributed by atoms with Gasteiger partial charge in [0.25, 0.3) is 5.91 Å². The van der Waals surface area contributed by atoms with Crippen molar-refractivity contribution < 1.29 is 14.3 Å². The number of carbonyl (C=O) groups is 2. The Morgan fingerprint density at radius 1 is 1.00 bits per heavy atom. The third-order valence-electron chi connectivity index (χ3n) is 3.55. The maximum atomic E-state index is 12.0. The van der Waals surface area contributed by atoms with Crippen molar-refractivity contribution in [1.29, 1.82) is 0 Å². The van der Waals surface area contributed by atoms with Crippen molar-refractivity contribution >= 4 is 23.3 Å². The smallest absolute Gasteiger partial charge is 0.318 e. The fraction of sp³-hybridized carbons (Fsp3) is 0.263. The van der Waals surface area contributed by atoms with Gasteiger partial charge in [0, 0.05) is 18.4 Å². The standard InChI is InChI=1S/C19H23N3O3/c1-13(2)14-7-9-17(10-8-14)25-12-18(23)21-15-5-4-6-16(11-15)22-19(24)20-3/h4-11,13H,12H2,1-3H3,(H,21,23)(H2,20,22,24). The third-order valence-corrected chi connectivity index (χ3v) is 3.55. The van der Waals surface area contributed by atoms with Crippen LogP contribution in [0.3, 0.4) is 0 Å². The van der Waals surface area contributed by atoms with Crippen LogP contribution in [-0.4, -0.2) is 25.6 Å². The summed E-state index contributed by atoms with van der Waals surface area (Å²) in [5.41, 5.74) is 2.39. The van der Waals surface area contributed by atoms with Crippen LogP contribution in [0, 0.1) is 0 Å². The molecule has 0 saturated heterocycles. The molecule has 3 N–H and O–H groups in total. The van der Waals surface area contributed by atoms with E-state index in [9.17, 15) is 9.59 Å². The number of urea groups is 1. The molecule has 0 saturated carbocycles. The van der Waals surface area contributed by atoms with Gasteiger partial charge in [-0.2, -0.15) is 0 Å². The van der Waals surface area contributed by atoms with Crippen molar-refractivity contribution in [2.24, 2.45) is 0 Å². The molecule has 132 valence electrons. The molecule has 0 aliphatic heterocycles. The first-order valence-corrected chi connectivity index (χ1v) is 8.09. The lowest BCUT2D eigenvalue weighted by Gasteiger charge is -2.10. The van der Waals surface area contributed by atoms with E-state index in [1.54, 1.807) is 24.3 Å². The average Bonchev–Trinajstić information content (AvgIpc) is 2.60. The number of anilines is 2. The number of nitrogens with one attached hydrogen (secondary N) is 3. The predicted molar refractivity (Wildman–Crippen MR) is 99.2 cm³/mol. The summed E-state index contributed by atoms with van der Waals surface area (Å²) >= 11 is 0.